The average Bonchev–Trinajstić information content (AvgIpc) is 2.49. The molecule has 0 amide bonds. The minimum Gasteiger partial charge on any atom is -0.497 e. The standard InChI is InChI=1S/C17H20ClNO/c1-20-17-9-5-8-16(12-17)14-19(11-10-18)13-15-6-3-2-4-7-15/h2-9,12H,10-11,13-14H2,1H3. The van der Waals surface area contributed by atoms with E-state index in [1.54, 1.807) is 7.11 Å². The highest BCUT2D eigenvalue weighted by Crippen LogP contribution is 2.15. The van der Waals surface area contributed by atoms with Crippen molar-refractivity contribution in [3.05, 3.63) is 65.7 Å². The van der Waals surface area contributed by atoms with Crippen LogP contribution in [0.4, 0.5) is 0 Å². The molecule has 2 rings (SSSR count). The van der Waals surface area contributed by atoms with Gasteiger partial charge in [0.25, 0.3) is 0 Å². The van der Waals surface area contributed by atoms with E-state index in [2.05, 4.69) is 41.3 Å². The molecule has 0 spiro atoms. The maximum atomic E-state index is 5.92. The highest BCUT2D eigenvalue weighted by Gasteiger charge is 2.07. The van der Waals surface area contributed by atoms with E-state index in [9.17, 15) is 0 Å². The molecule has 3 heteroatoms. The van der Waals surface area contributed by atoms with Crippen LogP contribution in [0.25, 0.3) is 0 Å². The van der Waals surface area contributed by atoms with Crippen LogP contribution in [0.5, 0.6) is 5.75 Å². The first-order valence-electron chi connectivity index (χ1n) is 6.77. The van der Waals surface area contributed by atoms with Crippen LogP contribution in [-0.4, -0.2) is 24.4 Å². The molecule has 0 unspecified atom stereocenters. The third-order valence-corrected chi connectivity index (χ3v) is 3.36. The highest BCUT2D eigenvalue weighted by molar-refractivity contribution is 6.18. The van der Waals surface area contributed by atoms with E-state index in [1.165, 1.54) is 11.1 Å². The van der Waals surface area contributed by atoms with Gasteiger partial charge >= 0.3 is 0 Å². The third kappa shape index (κ3) is 4.55. The Morgan fingerprint density at radius 1 is 0.950 bits per heavy atom. The molecule has 0 aliphatic heterocycles. The molecule has 0 aromatic heterocycles. The number of rotatable bonds is 7. The topological polar surface area (TPSA) is 12.5 Å². The van der Waals surface area contributed by atoms with Crippen molar-refractivity contribution >= 4 is 11.6 Å². The van der Waals surface area contributed by atoms with Gasteiger partial charge in [-0.25, -0.2) is 0 Å². The number of ether oxygens (including phenoxy) is 1. The molecule has 0 N–H and O–H groups in total. The molecule has 0 atom stereocenters. The second-order valence-electron chi connectivity index (χ2n) is 4.74. The molecule has 0 bridgehead atoms. The van der Waals surface area contributed by atoms with Gasteiger partial charge in [0.05, 0.1) is 7.11 Å². The lowest BCUT2D eigenvalue weighted by molar-refractivity contribution is 0.272. The molecule has 0 fully saturated rings. The summed E-state index contributed by atoms with van der Waals surface area (Å²) in [7, 11) is 1.69. The molecular formula is C17H20ClNO. The van der Waals surface area contributed by atoms with E-state index in [1.807, 2.05) is 18.2 Å². The Morgan fingerprint density at radius 2 is 1.65 bits per heavy atom. The first-order valence-corrected chi connectivity index (χ1v) is 7.30. The van der Waals surface area contributed by atoms with Crippen molar-refractivity contribution in [3.63, 3.8) is 0 Å². The molecule has 20 heavy (non-hydrogen) atoms. The van der Waals surface area contributed by atoms with Gasteiger partial charge in [-0.3, -0.25) is 4.90 Å². The number of nitrogens with zero attached hydrogens (tertiary/aromatic N) is 1. The third-order valence-electron chi connectivity index (χ3n) is 3.19. The predicted molar refractivity (Wildman–Crippen MR) is 84.3 cm³/mol. The zero-order valence-electron chi connectivity index (χ0n) is 11.8. The SMILES string of the molecule is COc1cccc(CN(CCCl)Cc2ccccc2)c1. The lowest BCUT2D eigenvalue weighted by Gasteiger charge is -2.21. The van der Waals surface area contributed by atoms with Crippen LogP contribution in [0.1, 0.15) is 11.1 Å². The number of alkyl halides is 1. The Balaban J connectivity index is 2.04. The second kappa shape index (κ2) is 7.93. The average molecular weight is 290 g/mol. The summed E-state index contributed by atoms with van der Waals surface area (Å²) < 4.78 is 5.27. The van der Waals surface area contributed by atoms with Gasteiger partial charge in [0.1, 0.15) is 5.75 Å². The van der Waals surface area contributed by atoms with Crippen LogP contribution in [0.3, 0.4) is 0 Å². The van der Waals surface area contributed by atoms with Crippen molar-refractivity contribution in [2.45, 2.75) is 13.1 Å². The maximum Gasteiger partial charge on any atom is 0.119 e. The van der Waals surface area contributed by atoms with Crippen LogP contribution in [0, 0.1) is 0 Å². The van der Waals surface area contributed by atoms with Crippen LogP contribution < -0.4 is 4.74 Å². The normalized spacial score (nSPS) is 10.8. The molecule has 0 heterocycles. The summed E-state index contributed by atoms with van der Waals surface area (Å²) in [5.41, 5.74) is 2.55. The smallest absolute Gasteiger partial charge is 0.119 e. The summed E-state index contributed by atoms with van der Waals surface area (Å²) in [6.07, 6.45) is 0. The lowest BCUT2D eigenvalue weighted by Crippen LogP contribution is -2.24. The zero-order valence-corrected chi connectivity index (χ0v) is 12.5. The van der Waals surface area contributed by atoms with Gasteiger partial charge in [0, 0.05) is 25.5 Å². The number of halogens is 1. The van der Waals surface area contributed by atoms with E-state index in [0.29, 0.717) is 5.88 Å². The van der Waals surface area contributed by atoms with Gasteiger partial charge in [0.2, 0.25) is 0 Å². The Hall–Kier alpha value is -1.51. The van der Waals surface area contributed by atoms with Crippen molar-refractivity contribution in [1.29, 1.82) is 0 Å². The molecular weight excluding hydrogens is 270 g/mol. The lowest BCUT2D eigenvalue weighted by atomic mass is 10.1. The fourth-order valence-corrected chi connectivity index (χ4v) is 2.44. The van der Waals surface area contributed by atoms with E-state index in [4.69, 9.17) is 16.3 Å². The molecule has 0 radical (unpaired) electrons. The monoisotopic (exact) mass is 289 g/mol. The maximum absolute atomic E-state index is 5.92. The Bertz CT molecular complexity index is 515. The Labute approximate surface area is 125 Å². The number of benzene rings is 2. The molecule has 0 saturated heterocycles. The first kappa shape index (κ1) is 14.9. The van der Waals surface area contributed by atoms with Crippen LogP contribution in [-0.2, 0) is 13.1 Å². The van der Waals surface area contributed by atoms with Gasteiger partial charge in [-0.15, -0.1) is 11.6 Å². The highest BCUT2D eigenvalue weighted by atomic mass is 35.5. The predicted octanol–water partition coefficient (Wildman–Crippen LogP) is 3.94. The molecule has 0 saturated carbocycles. The van der Waals surface area contributed by atoms with E-state index in [-0.39, 0.29) is 0 Å². The second-order valence-corrected chi connectivity index (χ2v) is 5.11. The van der Waals surface area contributed by atoms with Gasteiger partial charge in [0.15, 0.2) is 0 Å². The molecule has 0 aliphatic carbocycles. The van der Waals surface area contributed by atoms with Crippen LogP contribution in [0.2, 0.25) is 0 Å². The summed E-state index contributed by atoms with van der Waals surface area (Å²) >= 11 is 5.92. The number of hydrogen-bond acceptors (Lipinski definition) is 2. The van der Waals surface area contributed by atoms with Gasteiger partial charge < -0.3 is 4.74 Å². The Kier molecular flexibility index (Phi) is 5.90. The minimum absolute atomic E-state index is 0.636. The van der Waals surface area contributed by atoms with E-state index < -0.39 is 0 Å². The largest absolute Gasteiger partial charge is 0.497 e. The summed E-state index contributed by atoms with van der Waals surface area (Å²) in [6, 6.07) is 18.7. The van der Waals surface area contributed by atoms with Crippen molar-refractivity contribution in [1.82, 2.24) is 4.90 Å². The quantitative estimate of drug-likeness (QED) is 0.716. The van der Waals surface area contributed by atoms with Crippen molar-refractivity contribution < 1.29 is 4.74 Å². The van der Waals surface area contributed by atoms with Gasteiger partial charge in [-0.1, -0.05) is 42.5 Å². The van der Waals surface area contributed by atoms with Crippen molar-refractivity contribution in [2.24, 2.45) is 0 Å². The minimum atomic E-state index is 0.636. The van der Waals surface area contributed by atoms with Gasteiger partial charge in [-0.05, 0) is 23.3 Å². The number of methoxy groups -OCH3 is 1. The summed E-state index contributed by atoms with van der Waals surface area (Å²) in [5, 5.41) is 0. The van der Waals surface area contributed by atoms with E-state index in [0.717, 1.165) is 25.4 Å². The Morgan fingerprint density at radius 3 is 2.35 bits per heavy atom. The van der Waals surface area contributed by atoms with E-state index >= 15 is 0 Å². The summed E-state index contributed by atoms with van der Waals surface area (Å²) in [6.45, 7) is 2.65. The van der Waals surface area contributed by atoms with Gasteiger partial charge in [-0.2, -0.15) is 0 Å². The zero-order chi connectivity index (χ0) is 14.2. The van der Waals surface area contributed by atoms with Crippen LogP contribution in [0.15, 0.2) is 54.6 Å². The fourth-order valence-electron chi connectivity index (χ4n) is 2.20. The fraction of sp³-hybridized carbons (Fsp3) is 0.294. The first-order chi connectivity index (χ1) is 9.81. The van der Waals surface area contributed by atoms with Crippen LogP contribution >= 0.6 is 11.6 Å². The molecule has 106 valence electrons. The molecule has 2 nitrogen and oxygen atoms in total. The molecule has 2 aromatic carbocycles. The molecule has 2 aromatic rings. The van der Waals surface area contributed by atoms with Crippen molar-refractivity contribution in [3.8, 4) is 5.75 Å². The summed E-state index contributed by atoms with van der Waals surface area (Å²) in [4.78, 5) is 2.34. The van der Waals surface area contributed by atoms with Crippen molar-refractivity contribution in [2.75, 3.05) is 19.5 Å². The number of hydrogen-bond donors (Lipinski definition) is 0. The summed E-state index contributed by atoms with van der Waals surface area (Å²) in [5.74, 6) is 1.53. The molecule has 0 aliphatic rings.